The monoisotopic (exact) mass is 361 g/mol. The Labute approximate surface area is 157 Å². The first-order chi connectivity index (χ1) is 13.1. The van der Waals surface area contributed by atoms with E-state index in [1.165, 1.54) is 6.07 Å². The van der Waals surface area contributed by atoms with Crippen LogP contribution >= 0.6 is 0 Å². The number of aromatic nitrogens is 1. The average molecular weight is 361 g/mol. The molecule has 0 unspecified atom stereocenters. The lowest BCUT2D eigenvalue weighted by Gasteiger charge is -2.20. The number of ether oxygens (including phenoxy) is 1. The van der Waals surface area contributed by atoms with Crippen molar-refractivity contribution in [2.45, 2.75) is 26.4 Å². The van der Waals surface area contributed by atoms with Gasteiger partial charge >= 0.3 is 0 Å². The van der Waals surface area contributed by atoms with Crippen molar-refractivity contribution in [1.82, 2.24) is 4.98 Å². The van der Waals surface area contributed by atoms with Crippen LogP contribution in [0.25, 0.3) is 10.9 Å². The summed E-state index contributed by atoms with van der Waals surface area (Å²) in [5, 5.41) is 9.68. The van der Waals surface area contributed by atoms with Gasteiger partial charge in [0.1, 0.15) is 6.61 Å². The number of hydrogen-bond donors (Lipinski definition) is 0. The minimum atomic E-state index is -0.387. The molecule has 0 aliphatic carbocycles. The predicted octanol–water partition coefficient (Wildman–Crippen LogP) is 4.73. The molecule has 1 aliphatic rings. The molecule has 2 heterocycles. The molecule has 136 valence electrons. The van der Waals surface area contributed by atoms with Crippen molar-refractivity contribution >= 4 is 16.6 Å². The Bertz CT molecular complexity index is 1020. The number of benzene rings is 2. The molecule has 5 heteroatoms. The topological polar surface area (TPSA) is 49.1 Å². The van der Waals surface area contributed by atoms with E-state index < -0.39 is 0 Å². The van der Waals surface area contributed by atoms with E-state index in [1.54, 1.807) is 18.2 Å². The molecule has 0 amide bonds. The summed E-state index contributed by atoms with van der Waals surface area (Å²) in [5.74, 6) is -0.195. The molecule has 1 aliphatic heterocycles. The van der Waals surface area contributed by atoms with Crippen LogP contribution in [0.1, 0.15) is 29.7 Å². The predicted molar refractivity (Wildman–Crippen MR) is 103 cm³/mol. The smallest absolute Gasteiger partial charge is 0.165 e. The van der Waals surface area contributed by atoms with Gasteiger partial charge in [0.25, 0.3) is 0 Å². The van der Waals surface area contributed by atoms with Gasteiger partial charge in [-0.25, -0.2) is 4.39 Å². The van der Waals surface area contributed by atoms with Crippen LogP contribution in [-0.4, -0.2) is 18.1 Å². The van der Waals surface area contributed by atoms with Gasteiger partial charge in [-0.15, -0.1) is 0 Å². The fourth-order valence-corrected chi connectivity index (χ4v) is 3.51. The molecule has 0 spiro atoms. The number of anilines is 1. The molecule has 1 saturated heterocycles. The minimum Gasteiger partial charge on any atom is -0.486 e. The molecular weight excluding hydrogens is 341 g/mol. The number of pyridine rings is 1. The van der Waals surface area contributed by atoms with Gasteiger partial charge in [0.2, 0.25) is 0 Å². The second-order valence-electron chi connectivity index (χ2n) is 6.87. The van der Waals surface area contributed by atoms with Crippen LogP contribution in [0.4, 0.5) is 10.1 Å². The van der Waals surface area contributed by atoms with Gasteiger partial charge in [0.15, 0.2) is 11.6 Å². The highest BCUT2D eigenvalue weighted by Gasteiger charge is 2.18. The first-order valence-electron chi connectivity index (χ1n) is 9.12. The fourth-order valence-electron chi connectivity index (χ4n) is 3.51. The highest BCUT2D eigenvalue weighted by atomic mass is 19.1. The van der Waals surface area contributed by atoms with Gasteiger partial charge in [-0.05, 0) is 49.6 Å². The van der Waals surface area contributed by atoms with E-state index in [1.807, 2.05) is 25.1 Å². The Kier molecular flexibility index (Phi) is 4.64. The van der Waals surface area contributed by atoms with Crippen molar-refractivity contribution < 1.29 is 9.13 Å². The second-order valence-corrected chi connectivity index (χ2v) is 6.87. The quantitative estimate of drug-likeness (QED) is 0.674. The average Bonchev–Trinajstić information content (AvgIpc) is 3.21. The summed E-state index contributed by atoms with van der Waals surface area (Å²) in [7, 11) is 0. The zero-order valence-corrected chi connectivity index (χ0v) is 15.2. The summed E-state index contributed by atoms with van der Waals surface area (Å²) in [6.45, 7) is 4.19. The van der Waals surface area contributed by atoms with Crippen molar-refractivity contribution in [3.8, 4) is 11.8 Å². The maximum Gasteiger partial charge on any atom is 0.165 e. The highest BCUT2D eigenvalue weighted by Crippen LogP contribution is 2.33. The first kappa shape index (κ1) is 17.3. The molecule has 0 atom stereocenters. The van der Waals surface area contributed by atoms with Crippen molar-refractivity contribution in [2.75, 3.05) is 18.0 Å². The summed E-state index contributed by atoms with van der Waals surface area (Å²) in [4.78, 5) is 6.88. The molecule has 0 saturated carbocycles. The maximum atomic E-state index is 14.7. The third-order valence-corrected chi connectivity index (χ3v) is 4.89. The third-order valence-electron chi connectivity index (χ3n) is 4.89. The number of fused-ring (bicyclic) bond motifs is 1. The lowest BCUT2D eigenvalue weighted by atomic mass is 10.1. The van der Waals surface area contributed by atoms with Gasteiger partial charge in [-0.2, -0.15) is 5.26 Å². The molecule has 1 aromatic heterocycles. The summed E-state index contributed by atoms with van der Waals surface area (Å²) in [6.07, 6.45) is 2.33. The first-order valence-corrected chi connectivity index (χ1v) is 9.12. The largest absolute Gasteiger partial charge is 0.486 e. The van der Waals surface area contributed by atoms with Gasteiger partial charge in [-0.1, -0.05) is 12.1 Å². The van der Waals surface area contributed by atoms with E-state index in [0.717, 1.165) is 53.8 Å². The number of hydrogen-bond acceptors (Lipinski definition) is 4. The van der Waals surface area contributed by atoms with Crippen molar-refractivity contribution in [2.24, 2.45) is 0 Å². The van der Waals surface area contributed by atoms with E-state index >= 15 is 0 Å². The molecule has 2 aromatic carbocycles. The second kappa shape index (κ2) is 7.24. The van der Waals surface area contributed by atoms with Crippen LogP contribution in [0, 0.1) is 24.1 Å². The zero-order valence-electron chi connectivity index (χ0n) is 15.2. The van der Waals surface area contributed by atoms with Gasteiger partial charge in [0, 0.05) is 35.9 Å². The number of nitriles is 1. The van der Waals surface area contributed by atoms with E-state index in [4.69, 9.17) is 10.00 Å². The van der Waals surface area contributed by atoms with Gasteiger partial charge < -0.3 is 9.64 Å². The number of aryl methyl sites for hydroxylation is 1. The van der Waals surface area contributed by atoms with Crippen LogP contribution in [0.5, 0.6) is 5.75 Å². The van der Waals surface area contributed by atoms with Gasteiger partial charge in [-0.3, -0.25) is 4.98 Å². The molecule has 0 N–H and O–H groups in total. The Morgan fingerprint density at radius 3 is 2.59 bits per heavy atom. The van der Waals surface area contributed by atoms with Crippen molar-refractivity contribution in [3.63, 3.8) is 0 Å². The molecule has 27 heavy (non-hydrogen) atoms. The summed E-state index contributed by atoms with van der Waals surface area (Å²) in [6, 6.07) is 14.4. The van der Waals surface area contributed by atoms with E-state index in [9.17, 15) is 4.39 Å². The third kappa shape index (κ3) is 3.56. The Morgan fingerprint density at radius 1 is 1.15 bits per heavy atom. The summed E-state index contributed by atoms with van der Waals surface area (Å²) >= 11 is 0. The summed E-state index contributed by atoms with van der Waals surface area (Å²) < 4.78 is 20.4. The Morgan fingerprint density at radius 2 is 1.89 bits per heavy atom. The number of nitrogens with zero attached hydrogens (tertiary/aromatic N) is 3. The SMILES string of the molecule is Cc1cc(N2CCCC2)c2cc(F)c(OCc3ccc(C#N)cc3)cc2n1. The molecule has 0 radical (unpaired) electrons. The van der Waals surface area contributed by atoms with E-state index in [0.29, 0.717) is 5.56 Å². The molecule has 4 rings (SSSR count). The molecule has 3 aromatic rings. The Balaban J connectivity index is 1.63. The van der Waals surface area contributed by atoms with Crippen LogP contribution < -0.4 is 9.64 Å². The zero-order chi connectivity index (χ0) is 18.8. The standard InChI is InChI=1S/C22H20FN3O/c1-15-10-21(26-8-2-3-9-26)18-11-19(23)22(12-20(18)25-15)27-14-17-6-4-16(13-24)5-7-17/h4-7,10-12H,2-3,8-9,14H2,1H3. The van der Waals surface area contributed by atoms with Crippen LogP contribution in [0.15, 0.2) is 42.5 Å². The molecule has 0 bridgehead atoms. The van der Waals surface area contributed by atoms with E-state index in [-0.39, 0.29) is 18.2 Å². The summed E-state index contributed by atoms with van der Waals surface area (Å²) in [5.41, 5.74) is 4.17. The minimum absolute atomic E-state index is 0.192. The maximum absolute atomic E-state index is 14.7. The normalized spacial score (nSPS) is 13.7. The Hall–Kier alpha value is -3.13. The highest BCUT2D eigenvalue weighted by molar-refractivity contribution is 5.93. The van der Waals surface area contributed by atoms with Crippen LogP contribution in [-0.2, 0) is 6.61 Å². The molecule has 4 nitrogen and oxygen atoms in total. The lowest BCUT2D eigenvalue weighted by Crippen LogP contribution is -2.18. The fraction of sp³-hybridized carbons (Fsp3) is 0.273. The van der Waals surface area contributed by atoms with Crippen LogP contribution in [0.3, 0.4) is 0 Å². The van der Waals surface area contributed by atoms with Gasteiger partial charge in [0.05, 0.1) is 17.1 Å². The van der Waals surface area contributed by atoms with Crippen molar-refractivity contribution in [1.29, 1.82) is 5.26 Å². The van der Waals surface area contributed by atoms with Crippen LogP contribution in [0.2, 0.25) is 0 Å². The van der Waals surface area contributed by atoms with Crippen molar-refractivity contribution in [3.05, 3.63) is 65.1 Å². The molecule has 1 fully saturated rings. The molecular formula is C22H20FN3O. The number of halogens is 1. The number of rotatable bonds is 4. The lowest BCUT2D eigenvalue weighted by molar-refractivity contribution is 0.291. The van der Waals surface area contributed by atoms with E-state index in [2.05, 4.69) is 16.0 Å².